The molecule has 4 nitrogen and oxygen atoms in total. The molecule has 6 heteroatoms. The number of piperidine rings is 1. The largest absolute Gasteiger partial charge is 0.383 e. The molecule has 3 aromatic carbocycles. The van der Waals surface area contributed by atoms with Crippen LogP contribution >= 0.6 is 0 Å². The molecule has 0 spiro atoms. The van der Waals surface area contributed by atoms with E-state index in [1.165, 1.54) is 11.6 Å². The van der Waals surface area contributed by atoms with Crippen molar-refractivity contribution in [2.75, 3.05) is 20.1 Å². The van der Waals surface area contributed by atoms with E-state index in [1.807, 2.05) is 42.5 Å². The maximum Gasteiger partial charge on any atom is 0.160 e. The van der Waals surface area contributed by atoms with Crippen molar-refractivity contribution < 1.29 is 8.78 Å². The van der Waals surface area contributed by atoms with Crippen LogP contribution in [0.3, 0.4) is 0 Å². The van der Waals surface area contributed by atoms with E-state index in [9.17, 15) is 14.0 Å². The van der Waals surface area contributed by atoms with Gasteiger partial charge in [0.1, 0.15) is 5.84 Å². The number of amidine groups is 1. The molecule has 0 amide bonds. The van der Waals surface area contributed by atoms with Crippen molar-refractivity contribution in [2.24, 2.45) is 10.7 Å². The average molecular weight is 443 g/mol. The summed E-state index contributed by atoms with van der Waals surface area (Å²) in [4.78, 5) is 6.67. The standard InChI is InChI=1S/C27H24F2N4/c1-33-13-11-21(12-14-33)26(27(31)32-23-9-10-24(28)25(29)16-23)20-7-5-19(6-8-20)22-4-2-3-18(15-22)17-30/h2-10,15-16H,11-14H2,1H3,(H2,31,32). The molecule has 0 radical (unpaired) electrons. The first-order valence-corrected chi connectivity index (χ1v) is 10.8. The summed E-state index contributed by atoms with van der Waals surface area (Å²) in [5.74, 6) is -1.60. The smallest absolute Gasteiger partial charge is 0.160 e. The molecule has 3 aromatic rings. The highest BCUT2D eigenvalue weighted by Gasteiger charge is 2.19. The molecule has 1 aliphatic rings. The third kappa shape index (κ3) is 5.16. The van der Waals surface area contributed by atoms with Crippen molar-refractivity contribution in [3.63, 3.8) is 0 Å². The van der Waals surface area contributed by atoms with Gasteiger partial charge in [0.05, 0.1) is 17.3 Å². The van der Waals surface area contributed by atoms with Gasteiger partial charge in [0, 0.05) is 24.7 Å². The monoisotopic (exact) mass is 442 g/mol. The number of hydrogen-bond acceptors (Lipinski definition) is 3. The predicted octanol–water partition coefficient (Wildman–Crippen LogP) is 5.67. The number of rotatable bonds is 4. The number of hydrogen-bond donors (Lipinski definition) is 1. The second-order valence-electron chi connectivity index (χ2n) is 8.15. The zero-order valence-electron chi connectivity index (χ0n) is 18.4. The van der Waals surface area contributed by atoms with Crippen LogP contribution in [-0.2, 0) is 0 Å². The first-order valence-electron chi connectivity index (χ1n) is 10.8. The molecule has 0 unspecified atom stereocenters. The van der Waals surface area contributed by atoms with E-state index in [0.717, 1.165) is 60.3 Å². The number of nitrogens with zero attached hydrogens (tertiary/aromatic N) is 3. The fraction of sp³-hybridized carbons (Fsp3) is 0.185. The minimum Gasteiger partial charge on any atom is -0.383 e. The minimum absolute atomic E-state index is 0.266. The van der Waals surface area contributed by atoms with Gasteiger partial charge in [-0.3, -0.25) is 0 Å². The van der Waals surface area contributed by atoms with E-state index in [2.05, 4.69) is 23.0 Å². The minimum atomic E-state index is -0.957. The van der Waals surface area contributed by atoms with Crippen molar-refractivity contribution in [2.45, 2.75) is 12.8 Å². The number of benzene rings is 3. The molecule has 1 fully saturated rings. The van der Waals surface area contributed by atoms with Crippen LogP contribution in [0.4, 0.5) is 14.5 Å². The van der Waals surface area contributed by atoms with Crippen molar-refractivity contribution >= 4 is 17.1 Å². The first kappa shape index (κ1) is 22.4. The van der Waals surface area contributed by atoms with Gasteiger partial charge in [-0.15, -0.1) is 0 Å². The van der Waals surface area contributed by atoms with Gasteiger partial charge in [-0.1, -0.05) is 42.0 Å². The lowest BCUT2D eigenvalue weighted by Gasteiger charge is -2.26. The molecule has 0 bridgehead atoms. The van der Waals surface area contributed by atoms with Crippen molar-refractivity contribution in [3.8, 4) is 17.2 Å². The highest BCUT2D eigenvalue weighted by atomic mass is 19.2. The molecule has 1 saturated heterocycles. The Hall–Kier alpha value is -3.82. The summed E-state index contributed by atoms with van der Waals surface area (Å²) in [5.41, 5.74) is 12.2. The fourth-order valence-electron chi connectivity index (χ4n) is 4.02. The lowest BCUT2D eigenvalue weighted by atomic mass is 9.91. The molecule has 0 saturated carbocycles. The molecule has 0 aliphatic carbocycles. The van der Waals surface area contributed by atoms with Crippen LogP contribution in [0.2, 0.25) is 0 Å². The Morgan fingerprint density at radius 2 is 1.67 bits per heavy atom. The van der Waals surface area contributed by atoms with Crippen LogP contribution in [0.25, 0.3) is 16.7 Å². The van der Waals surface area contributed by atoms with E-state index in [1.54, 1.807) is 6.07 Å². The van der Waals surface area contributed by atoms with Gasteiger partial charge in [-0.2, -0.15) is 5.26 Å². The van der Waals surface area contributed by atoms with Gasteiger partial charge >= 0.3 is 0 Å². The number of halogens is 2. The summed E-state index contributed by atoms with van der Waals surface area (Å²) in [6, 6.07) is 21.1. The molecule has 1 aliphatic heterocycles. The van der Waals surface area contributed by atoms with Crippen LogP contribution in [0, 0.1) is 23.0 Å². The SMILES string of the molecule is CN1CCC(=C(C(N)=Nc2ccc(F)c(F)c2)c2ccc(-c3cccc(C#N)c3)cc2)CC1. The summed E-state index contributed by atoms with van der Waals surface area (Å²) >= 11 is 0. The van der Waals surface area contributed by atoms with Gasteiger partial charge in [-0.05, 0) is 60.8 Å². The topological polar surface area (TPSA) is 65.4 Å². The lowest BCUT2D eigenvalue weighted by Crippen LogP contribution is -2.28. The second kappa shape index (κ2) is 9.76. The second-order valence-corrected chi connectivity index (χ2v) is 8.15. The van der Waals surface area contributed by atoms with Gasteiger partial charge in [0.15, 0.2) is 11.6 Å². The summed E-state index contributed by atoms with van der Waals surface area (Å²) < 4.78 is 27.0. The zero-order chi connectivity index (χ0) is 23.4. The van der Waals surface area contributed by atoms with Gasteiger partial charge in [0.2, 0.25) is 0 Å². The highest BCUT2D eigenvalue weighted by molar-refractivity contribution is 6.23. The van der Waals surface area contributed by atoms with Gasteiger partial charge in [0.25, 0.3) is 0 Å². The fourth-order valence-corrected chi connectivity index (χ4v) is 4.02. The number of aliphatic imine (C=N–C) groups is 1. The van der Waals surface area contributed by atoms with Crippen molar-refractivity contribution in [1.82, 2.24) is 4.90 Å². The Labute approximate surface area is 192 Å². The Balaban J connectivity index is 1.74. The van der Waals surface area contributed by atoms with Crippen LogP contribution < -0.4 is 5.73 Å². The maximum absolute atomic E-state index is 13.7. The normalized spacial score (nSPS) is 14.7. The average Bonchev–Trinajstić information content (AvgIpc) is 2.83. The Morgan fingerprint density at radius 1 is 0.939 bits per heavy atom. The highest BCUT2D eigenvalue weighted by Crippen LogP contribution is 2.30. The molecule has 1 heterocycles. The molecule has 0 aromatic heterocycles. The van der Waals surface area contributed by atoms with Crippen molar-refractivity contribution in [1.29, 1.82) is 5.26 Å². The van der Waals surface area contributed by atoms with Crippen LogP contribution in [0.1, 0.15) is 24.0 Å². The number of nitriles is 1. The van der Waals surface area contributed by atoms with E-state index >= 15 is 0 Å². The molecule has 0 atom stereocenters. The summed E-state index contributed by atoms with van der Waals surface area (Å²) in [5, 5.41) is 9.17. The Morgan fingerprint density at radius 3 is 2.33 bits per heavy atom. The predicted molar refractivity (Wildman–Crippen MR) is 128 cm³/mol. The van der Waals surface area contributed by atoms with E-state index in [-0.39, 0.29) is 11.5 Å². The lowest BCUT2D eigenvalue weighted by molar-refractivity contribution is 0.313. The number of likely N-dealkylation sites (tertiary alicyclic amines) is 1. The zero-order valence-corrected chi connectivity index (χ0v) is 18.4. The van der Waals surface area contributed by atoms with Crippen molar-refractivity contribution in [3.05, 3.63) is 95.1 Å². The Kier molecular flexibility index (Phi) is 6.62. The van der Waals surface area contributed by atoms with E-state index < -0.39 is 11.6 Å². The molecular weight excluding hydrogens is 418 g/mol. The van der Waals surface area contributed by atoms with Gasteiger partial charge in [-0.25, -0.2) is 13.8 Å². The third-order valence-corrected chi connectivity index (χ3v) is 5.85. The Bertz CT molecular complexity index is 1260. The summed E-state index contributed by atoms with van der Waals surface area (Å²) in [6.45, 7) is 1.83. The van der Waals surface area contributed by atoms with E-state index in [4.69, 9.17) is 5.73 Å². The summed E-state index contributed by atoms with van der Waals surface area (Å²) in [6.07, 6.45) is 1.71. The maximum atomic E-state index is 13.7. The molecular formula is C27H24F2N4. The molecule has 4 rings (SSSR count). The molecule has 166 valence electrons. The summed E-state index contributed by atoms with van der Waals surface area (Å²) in [7, 11) is 2.08. The first-order chi connectivity index (χ1) is 15.9. The molecule has 33 heavy (non-hydrogen) atoms. The molecule has 2 N–H and O–H groups in total. The van der Waals surface area contributed by atoms with E-state index in [0.29, 0.717) is 5.56 Å². The van der Waals surface area contributed by atoms with Crippen LogP contribution in [0.15, 0.2) is 77.3 Å². The van der Waals surface area contributed by atoms with Gasteiger partial charge < -0.3 is 10.6 Å². The third-order valence-electron chi connectivity index (χ3n) is 5.85. The number of nitrogens with two attached hydrogens (primary N) is 1. The quantitative estimate of drug-likeness (QED) is 0.418. The van der Waals surface area contributed by atoms with Crippen LogP contribution in [0.5, 0.6) is 0 Å². The van der Waals surface area contributed by atoms with Crippen LogP contribution in [-0.4, -0.2) is 30.9 Å².